The van der Waals surface area contributed by atoms with Crippen LogP contribution in [0.3, 0.4) is 0 Å². The molecule has 0 saturated heterocycles. The second kappa shape index (κ2) is 5.30. The highest BCUT2D eigenvalue weighted by molar-refractivity contribution is 6.00. The van der Waals surface area contributed by atoms with Gasteiger partial charge in [0.25, 0.3) is 0 Å². The molecule has 1 aromatic heterocycles. The lowest BCUT2D eigenvalue weighted by Crippen LogP contribution is -2.22. The summed E-state index contributed by atoms with van der Waals surface area (Å²) in [5.41, 5.74) is 6.02. The van der Waals surface area contributed by atoms with Gasteiger partial charge < -0.3 is 15.8 Å². The van der Waals surface area contributed by atoms with Crippen molar-refractivity contribution in [2.24, 2.45) is 10.9 Å². The normalized spacial score (nSPS) is 11.4. The minimum atomic E-state index is -0.402. The van der Waals surface area contributed by atoms with Gasteiger partial charge in [0.2, 0.25) is 0 Å². The smallest absolute Gasteiger partial charge is 0.192 e. The second-order valence-electron chi connectivity index (χ2n) is 3.72. The van der Waals surface area contributed by atoms with Gasteiger partial charge in [-0.05, 0) is 12.1 Å². The van der Waals surface area contributed by atoms with Crippen molar-refractivity contribution < 1.29 is 9.60 Å². The molecule has 2 rings (SSSR count). The molecule has 0 aliphatic carbocycles. The average molecular weight is 261 g/mol. The Labute approximate surface area is 109 Å². The maximum atomic E-state index is 13.7. The van der Waals surface area contributed by atoms with Crippen molar-refractivity contribution in [3.63, 3.8) is 0 Å². The summed E-state index contributed by atoms with van der Waals surface area (Å²) in [6.45, 7) is 0. The Hall–Kier alpha value is -2.70. The SMILES string of the molecule is CN(c1ccccc1F)c1nccnc1C(N)=NO. The van der Waals surface area contributed by atoms with Gasteiger partial charge in [-0.25, -0.2) is 14.4 Å². The maximum absolute atomic E-state index is 13.7. The number of benzene rings is 1. The van der Waals surface area contributed by atoms with Crippen LogP contribution in [0.15, 0.2) is 41.8 Å². The van der Waals surface area contributed by atoms with Gasteiger partial charge in [0.1, 0.15) is 5.82 Å². The van der Waals surface area contributed by atoms with Crippen molar-refractivity contribution in [1.82, 2.24) is 9.97 Å². The number of aromatic nitrogens is 2. The van der Waals surface area contributed by atoms with Crippen LogP contribution >= 0.6 is 0 Å². The van der Waals surface area contributed by atoms with Crippen LogP contribution in [0.1, 0.15) is 5.69 Å². The number of amidine groups is 1. The summed E-state index contributed by atoms with van der Waals surface area (Å²) in [6, 6.07) is 6.23. The number of nitrogens with two attached hydrogens (primary N) is 1. The summed E-state index contributed by atoms with van der Waals surface area (Å²) in [4.78, 5) is 9.56. The predicted octanol–water partition coefficient (Wildman–Crippen LogP) is 1.48. The molecule has 98 valence electrons. The van der Waals surface area contributed by atoms with Crippen molar-refractivity contribution in [2.75, 3.05) is 11.9 Å². The van der Waals surface area contributed by atoms with Gasteiger partial charge in [-0.3, -0.25) is 0 Å². The molecule has 19 heavy (non-hydrogen) atoms. The van der Waals surface area contributed by atoms with Gasteiger partial charge in [0, 0.05) is 19.4 Å². The van der Waals surface area contributed by atoms with E-state index in [2.05, 4.69) is 15.1 Å². The zero-order chi connectivity index (χ0) is 13.8. The zero-order valence-electron chi connectivity index (χ0n) is 10.2. The maximum Gasteiger partial charge on any atom is 0.192 e. The number of hydrogen-bond acceptors (Lipinski definition) is 5. The van der Waals surface area contributed by atoms with Gasteiger partial charge in [-0.1, -0.05) is 17.3 Å². The van der Waals surface area contributed by atoms with Crippen molar-refractivity contribution in [3.05, 3.63) is 48.2 Å². The predicted molar refractivity (Wildman–Crippen MR) is 69.0 cm³/mol. The average Bonchev–Trinajstić information content (AvgIpc) is 2.46. The first-order valence-corrected chi connectivity index (χ1v) is 5.42. The number of rotatable bonds is 3. The molecule has 2 aromatic rings. The number of para-hydroxylation sites is 1. The van der Waals surface area contributed by atoms with E-state index in [1.54, 1.807) is 25.2 Å². The lowest BCUT2D eigenvalue weighted by molar-refractivity contribution is 0.318. The number of halogens is 1. The molecule has 0 spiro atoms. The molecule has 1 heterocycles. The fraction of sp³-hybridized carbons (Fsp3) is 0.0833. The lowest BCUT2D eigenvalue weighted by Gasteiger charge is -2.20. The minimum Gasteiger partial charge on any atom is -0.409 e. The highest BCUT2D eigenvalue weighted by atomic mass is 19.1. The molecule has 1 aromatic carbocycles. The van der Waals surface area contributed by atoms with Crippen molar-refractivity contribution in [1.29, 1.82) is 0 Å². The van der Waals surface area contributed by atoms with E-state index in [1.165, 1.54) is 23.4 Å². The molecule has 0 amide bonds. The Kier molecular flexibility index (Phi) is 3.56. The van der Waals surface area contributed by atoms with E-state index in [1.807, 2.05) is 0 Å². The summed E-state index contributed by atoms with van der Waals surface area (Å²) < 4.78 is 13.7. The Morgan fingerprint density at radius 1 is 1.32 bits per heavy atom. The highest BCUT2D eigenvalue weighted by Crippen LogP contribution is 2.25. The highest BCUT2D eigenvalue weighted by Gasteiger charge is 2.17. The first-order valence-electron chi connectivity index (χ1n) is 5.42. The molecular formula is C12H12FN5O. The Morgan fingerprint density at radius 2 is 2.00 bits per heavy atom. The molecule has 0 fully saturated rings. The number of nitrogens with zero attached hydrogens (tertiary/aromatic N) is 4. The molecule has 0 saturated carbocycles. The Balaban J connectivity index is 2.51. The molecule has 0 radical (unpaired) electrons. The van der Waals surface area contributed by atoms with Crippen LogP contribution in [0, 0.1) is 5.82 Å². The van der Waals surface area contributed by atoms with E-state index >= 15 is 0 Å². The minimum absolute atomic E-state index is 0.177. The van der Waals surface area contributed by atoms with Gasteiger partial charge in [0.15, 0.2) is 17.3 Å². The van der Waals surface area contributed by atoms with E-state index in [0.29, 0.717) is 11.5 Å². The summed E-state index contributed by atoms with van der Waals surface area (Å²) in [7, 11) is 1.62. The third-order valence-corrected chi connectivity index (χ3v) is 2.56. The van der Waals surface area contributed by atoms with E-state index in [0.717, 1.165) is 0 Å². The van der Waals surface area contributed by atoms with E-state index in [4.69, 9.17) is 10.9 Å². The first-order chi connectivity index (χ1) is 9.15. The molecule has 0 aliphatic heterocycles. The Bertz CT molecular complexity index is 617. The van der Waals surface area contributed by atoms with Gasteiger partial charge in [-0.15, -0.1) is 0 Å². The van der Waals surface area contributed by atoms with Crippen LogP contribution in [0.5, 0.6) is 0 Å². The molecular weight excluding hydrogens is 249 g/mol. The van der Waals surface area contributed by atoms with E-state index < -0.39 is 5.82 Å². The Morgan fingerprint density at radius 3 is 2.68 bits per heavy atom. The first kappa shape index (κ1) is 12.7. The second-order valence-corrected chi connectivity index (χ2v) is 3.72. The van der Waals surface area contributed by atoms with Crippen molar-refractivity contribution >= 4 is 17.3 Å². The third-order valence-electron chi connectivity index (χ3n) is 2.56. The number of hydrogen-bond donors (Lipinski definition) is 2. The molecule has 0 unspecified atom stereocenters. The van der Waals surface area contributed by atoms with Crippen molar-refractivity contribution in [2.45, 2.75) is 0 Å². The van der Waals surface area contributed by atoms with Gasteiger partial charge in [0.05, 0.1) is 5.69 Å². The standard InChI is InChI=1S/C12H12FN5O/c1-18(9-5-3-2-4-8(9)13)12-10(11(14)17-19)15-6-7-16-12/h2-7,19H,1H3,(H2,14,17). The zero-order valence-corrected chi connectivity index (χ0v) is 10.2. The van der Waals surface area contributed by atoms with E-state index in [9.17, 15) is 4.39 Å². The lowest BCUT2D eigenvalue weighted by atomic mass is 10.2. The summed E-state index contributed by atoms with van der Waals surface area (Å²) >= 11 is 0. The molecule has 6 nitrogen and oxygen atoms in total. The topological polar surface area (TPSA) is 87.6 Å². The van der Waals surface area contributed by atoms with Crippen molar-refractivity contribution in [3.8, 4) is 0 Å². The van der Waals surface area contributed by atoms with Crippen LogP contribution in [0.2, 0.25) is 0 Å². The van der Waals surface area contributed by atoms with Gasteiger partial charge >= 0.3 is 0 Å². The van der Waals surface area contributed by atoms with Crippen LogP contribution < -0.4 is 10.6 Å². The van der Waals surface area contributed by atoms with Crippen LogP contribution in [-0.2, 0) is 0 Å². The molecule has 0 atom stereocenters. The monoisotopic (exact) mass is 261 g/mol. The molecule has 0 bridgehead atoms. The summed E-state index contributed by atoms with van der Waals surface area (Å²) in [6.07, 6.45) is 2.85. The number of oxime groups is 1. The fourth-order valence-corrected chi connectivity index (χ4v) is 1.64. The molecule has 3 N–H and O–H groups in total. The van der Waals surface area contributed by atoms with Crippen LogP contribution in [-0.4, -0.2) is 28.1 Å². The quantitative estimate of drug-likeness (QED) is 0.378. The summed E-state index contributed by atoms with van der Waals surface area (Å²) in [5, 5.41) is 11.6. The van der Waals surface area contributed by atoms with Crippen LogP contribution in [0.4, 0.5) is 15.9 Å². The summed E-state index contributed by atoms with van der Waals surface area (Å²) in [5.74, 6) is -0.296. The molecule has 0 aliphatic rings. The van der Waals surface area contributed by atoms with Crippen LogP contribution in [0.25, 0.3) is 0 Å². The molecule has 7 heteroatoms. The number of anilines is 2. The van der Waals surface area contributed by atoms with E-state index in [-0.39, 0.29) is 11.5 Å². The largest absolute Gasteiger partial charge is 0.409 e. The fourth-order valence-electron chi connectivity index (χ4n) is 1.64. The third kappa shape index (κ3) is 2.44. The van der Waals surface area contributed by atoms with Gasteiger partial charge in [-0.2, -0.15) is 0 Å².